The lowest BCUT2D eigenvalue weighted by molar-refractivity contribution is -0.115. The number of hydrogen-bond donors (Lipinski definition) is 3. The molecule has 0 saturated heterocycles. The Kier molecular flexibility index (Phi) is 6.58. The number of rotatable bonds is 6. The summed E-state index contributed by atoms with van der Waals surface area (Å²) in [5, 5.41) is 12.9. The molecular weight excluding hydrogens is 409 g/mol. The number of thioether (sulfide) groups is 1. The van der Waals surface area contributed by atoms with Crippen molar-refractivity contribution in [3.63, 3.8) is 0 Å². The average molecular weight is 427 g/mol. The molecule has 1 unspecified atom stereocenters. The monoisotopic (exact) mass is 427 g/mol. The second-order valence-corrected chi connectivity index (χ2v) is 7.62. The minimum Gasteiger partial charge on any atom is -0.326 e. The van der Waals surface area contributed by atoms with Gasteiger partial charge in [0.2, 0.25) is 11.8 Å². The van der Waals surface area contributed by atoms with Crippen LogP contribution >= 0.6 is 11.8 Å². The molecule has 0 bridgehead atoms. The molecule has 1 heterocycles. The number of carbonyl (C=O) groups is 2. The van der Waals surface area contributed by atoms with Gasteiger partial charge in [0, 0.05) is 18.2 Å². The number of carbonyl (C=O) groups excluding carboxylic acids is 2. The Hall–Kier alpha value is -3.53. The maximum Gasteiger partial charge on any atom is 0.278 e. The number of hydrogen-bond acceptors (Lipinski definition) is 6. The molecule has 154 valence electrons. The first-order valence-electron chi connectivity index (χ1n) is 8.90. The Labute approximate surface area is 175 Å². The van der Waals surface area contributed by atoms with Gasteiger partial charge < -0.3 is 10.6 Å². The van der Waals surface area contributed by atoms with E-state index in [-0.39, 0.29) is 22.7 Å². The molecule has 0 aliphatic heterocycles. The minimum atomic E-state index is -0.600. The van der Waals surface area contributed by atoms with Crippen LogP contribution in [0.15, 0.2) is 58.5 Å². The zero-order chi connectivity index (χ0) is 21.7. The molecular formula is C20H18FN5O3S. The first-order chi connectivity index (χ1) is 14.3. The molecule has 0 spiro atoms. The van der Waals surface area contributed by atoms with Crippen molar-refractivity contribution < 1.29 is 14.0 Å². The third-order valence-corrected chi connectivity index (χ3v) is 4.91. The summed E-state index contributed by atoms with van der Waals surface area (Å²) in [7, 11) is 0. The molecule has 10 heteroatoms. The number of H-pyrrole nitrogens is 1. The van der Waals surface area contributed by atoms with Crippen molar-refractivity contribution in [2.24, 2.45) is 0 Å². The molecule has 2 aromatic carbocycles. The number of halogens is 1. The molecule has 1 atom stereocenters. The fraction of sp³-hybridized carbons (Fsp3) is 0.150. The van der Waals surface area contributed by atoms with Crippen molar-refractivity contribution in [1.82, 2.24) is 15.2 Å². The lowest BCUT2D eigenvalue weighted by Crippen LogP contribution is -2.23. The highest BCUT2D eigenvalue weighted by atomic mass is 32.2. The Morgan fingerprint density at radius 2 is 1.77 bits per heavy atom. The van der Waals surface area contributed by atoms with Gasteiger partial charge in [-0.15, -0.1) is 10.2 Å². The summed E-state index contributed by atoms with van der Waals surface area (Å²) in [6.45, 7) is 3.01. The van der Waals surface area contributed by atoms with Crippen LogP contribution in [0.2, 0.25) is 0 Å². The fourth-order valence-corrected chi connectivity index (χ4v) is 3.28. The number of benzene rings is 2. The van der Waals surface area contributed by atoms with E-state index in [1.54, 1.807) is 31.2 Å². The molecule has 3 rings (SSSR count). The highest BCUT2D eigenvalue weighted by Crippen LogP contribution is 2.25. The first-order valence-corrected chi connectivity index (χ1v) is 9.78. The van der Waals surface area contributed by atoms with E-state index in [1.165, 1.54) is 31.2 Å². The zero-order valence-corrected chi connectivity index (χ0v) is 16.9. The summed E-state index contributed by atoms with van der Waals surface area (Å²) in [5.74, 6) is -1.02. The number of anilines is 2. The summed E-state index contributed by atoms with van der Waals surface area (Å²) in [5.41, 5.74) is 0.874. The lowest BCUT2D eigenvalue weighted by Gasteiger charge is -2.12. The lowest BCUT2D eigenvalue weighted by atomic mass is 10.1. The van der Waals surface area contributed by atoms with Crippen LogP contribution in [-0.4, -0.2) is 32.2 Å². The Bertz CT molecular complexity index is 1130. The van der Waals surface area contributed by atoms with Crippen LogP contribution in [0.25, 0.3) is 11.3 Å². The standard InChI is InChI=1S/C20H18FN5O3S/c1-11(18(28)23-14-9-7-13(21)8-10-14)30-20-24-19(29)17(25-26-20)15-5-3-4-6-16(15)22-12(2)27/h3-11H,1-2H3,(H,22,27)(H,23,28)(H,24,26,29). The van der Waals surface area contributed by atoms with Gasteiger partial charge in [-0.2, -0.15) is 0 Å². The molecule has 0 aliphatic carbocycles. The SMILES string of the molecule is CC(=O)Nc1ccccc1-c1nnc(SC(C)C(=O)Nc2ccc(F)cc2)[nH]c1=O. The molecule has 0 fully saturated rings. The number of para-hydroxylation sites is 1. The van der Waals surface area contributed by atoms with Gasteiger partial charge >= 0.3 is 0 Å². The van der Waals surface area contributed by atoms with Crippen LogP contribution in [0.5, 0.6) is 0 Å². The van der Waals surface area contributed by atoms with Gasteiger partial charge in [-0.25, -0.2) is 4.39 Å². The zero-order valence-electron chi connectivity index (χ0n) is 16.1. The largest absolute Gasteiger partial charge is 0.326 e. The van der Waals surface area contributed by atoms with Crippen LogP contribution in [0, 0.1) is 5.82 Å². The predicted octanol–water partition coefficient (Wildman–Crippen LogP) is 3.05. The highest BCUT2D eigenvalue weighted by Gasteiger charge is 2.18. The highest BCUT2D eigenvalue weighted by molar-refractivity contribution is 8.00. The number of aromatic amines is 1. The van der Waals surface area contributed by atoms with Gasteiger partial charge in [0.05, 0.1) is 10.9 Å². The van der Waals surface area contributed by atoms with Crippen molar-refractivity contribution in [3.05, 3.63) is 64.7 Å². The van der Waals surface area contributed by atoms with E-state index in [2.05, 4.69) is 25.8 Å². The molecule has 1 aromatic heterocycles. The van der Waals surface area contributed by atoms with Gasteiger partial charge in [0.1, 0.15) is 5.82 Å². The third-order valence-electron chi connectivity index (χ3n) is 3.94. The van der Waals surface area contributed by atoms with Crippen molar-refractivity contribution in [2.45, 2.75) is 24.3 Å². The third kappa shape index (κ3) is 5.29. The molecule has 8 nitrogen and oxygen atoms in total. The van der Waals surface area contributed by atoms with Gasteiger partial charge in [0.15, 0.2) is 10.9 Å². The van der Waals surface area contributed by atoms with E-state index in [1.807, 2.05) is 0 Å². The molecule has 2 amide bonds. The van der Waals surface area contributed by atoms with E-state index < -0.39 is 16.6 Å². The van der Waals surface area contributed by atoms with Gasteiger partial charge in [-0.1, -0.05) is 30.0 Å². The van der Waals surface area contributed by atoms with Crippen LogP contribution in [0.3, 0.4) is 0 Å². The Morgan fingerprint density at radius 3 is 2.43 bits per heavy atom. The number of nitrogens with zero attached hydrogens (tertiary/aromatic N) is 2. The van der Waals surface area contributed by atoms with Gasteiger partial charge in [0.25, 0.3) is 5.56 Å². The number of aromatic nitrogens is 3. The summed E-state index contributed by atoms with van der Waals surface area (Å²) in [4.78, 5) is 38.8. The molecule has 0 saturated carbocycles. The van der Waals surface area contributed by atoms with E-state index in [0.717, 1.165) is 11.8 Å². The normalized spacial score (nSPS) is 11.6. The van der Waals surface area contributed by atoms with E-state index in [4.69, 9.17) is 0 Å². The summed E-state index contributed by atoms with van der Waals surface area (Å²) >= 11 is 1.02. The smallest absolute Gasteiger partial charge is 0.278 e. The molecule has 0 aliphatic rings. The van der Waals surface area contributed by atoms with Crippen molar-refractivity contribution >= 4 is 35.0 Å². The van der Waals surface area contributed by atoms with E-state index in [9.17, 15) is 18.8 Å². The van der Waals surface area contributed by atoms with Gasteiger partial charge in [-0.05, 0) is 37.3 Å². The first kappa shape index (κ1) is 21.2. The van der Waals surface area contributed by atoms with Crippen LogP contribution < -0.4 is 16.2 Å². The topological polar surface area (TPSA) is 117 Å². The van der Waals surface area contributed by atoms with Crippen LogP contribution in [0.4, 0.5) is 15.8 Å². The van der Waals surface area contributed by atoms with E-state index >= 15 is 0 Å². The maximum atomic E-state index is 13.0. The van der Waals surface area contributed by atoms with Crippen molar-refractivity contribution in [1.29, 1.82) is 0 Å². The number of amides is 2. The molecule has 3 aromatic rings. The van der Waals surface area contributed by atoms with Crippen molar-refractivity contribution in [3.8, 4) is 11.3 Å². The quantitative estimate of drug-likeness (QED) is 0.521. The minimum absolute atomic E-state index is 0.0483. The Balaban J connectivity index is 1.74. The predicted molar refractivity (Wildman–Crippen MR) is 113 cm³/mol. The maximum absolute atomic E-state index is 13.0. The second-order valence-electron chi connectivity index (χ2n) is 6.29. The molecule has 30 heavy (non-hydrogen) atoms. The summed E-state index contributed by atoms with van der Waals surface area (Å²) in [6.07, 6.45) is 0. The Morgan fingerprint density at radius 1 is 1.07 bits per heavy atom. The fourth-order valence-electron chi connectivity index (χ4n) is 2.54. The van der Waals surface area contributed by atoms with Crippen molar-refractivity contribution in [2.75, 3.05) is 10.6 Å². The summed E-state index contributed by atoms with van der Waals surface area (Å²) < 4.78 is 13.0. The average Bonchev–Trinajstić information content (AvgIpc) is 2.70. The van der Waals surface area contributed by atoms with Crippen LogP contribution in [0.1, 0.15) is 13.8 Å². The van der Waals surface area contributed by atoms with Crippen LogP contribution in [-0.2, 0) is 9.59 Å². The van der Waals surface area contributed by atoms with Gasteiger partial charge in [-0.3, -0.25) is 19.4 Å². The number of nitrogens with one attached hydrogen (secondary N) is 3. The summed E-state index contributed by atoms with van der Waals surface area (Å²) in [6, 6.07) is 12.1. The second kappa shape index (κ2) is 9.31. The molecule has 0 radical (unpaired) electrons. The molecule has 3 N–H and O–H groups in total. The van der Waals surface area contributed by atoms with E-state index in [0.29, 0.717) is 16.9 Å².